The van der Waals surface area contributed by atoms with E-state index in [0.717, 1.165) is 37.7 Å². The molecule has 1 aliphatic carbocycles. The van der Waals surface area contributed by atoms with Crippen LogP contribution in [-0.2, 0) is 14.3 Å². The van der Waals surface area contributed by atoms with Gasteiger partial charge in [0.25, 0.3) is 0 Å². The highest BCUT2D eigenvalue weighted by atomic mass is 19.1. The van der Waals surface area contributed by atoms with Crippen LogP contribution < -0.4 is 10.6 Å². The van der Waals surface area contributed by atoms with Crippen LogP contribution >= 0.6 is 0 Å². The number of likely N-dealkylation sites (N-methyl/N-ethyl adjacent to an activating group) is 1. The van der Waals surface area contributed by atoms with Crippen molar-refractivity contribution in [1.82, 2.24) is 20.4 Å². The largest absolute Gasteiger partial charge is 0.376 e. The quantitative estimate of drug-likeness (QED) is 0.618. The second-order valence-electron chi connectivity index (χ2n) is 9.38. The third kappa shape index (κ3) is 6.68. The van der Waals surface area contributed by atoms with Gasteiger partial charge in [0, 0.05) is 27.2 Å². The summed E-state index contributed by atoms with van der Waals surface area (Å²) in [7, 11) is 3.07. The van der Waals surface area contributed by atoms with Crippen LogP contribution in [0.15, 0.2) is 24.3 Å². The zero-order valence-corrected chi connectivity index (χ0v) is 20.4. The minimum Gasteiger partial charge on any atom is -0.376 e. The SMILES string of the molecule is CCNC(=O)N1CCC[C@H](NC(=O)C(=O)N(C)C)[C@@H]1COC1CCC(c2ccc(F)cc2)CC1. The van der Waals surface area contributed by atoms with Crippen LogP contribution in [0.5, 0.6) is 0 Å². The van der Waals surface area contributed by atoms with Crippen LogP contribution in [0.3, 0.4) is 0 Å². The van der Waals surface area contributed by atoms with E-state index in [0.29, 0.717) is 32.0 Å². The standard InChI is InChI=1S/C25H37FN4O4/c1-4-27-25(33)30-15-5-6-21(28-23(31)24(32)29(2)3)22(30)16-34-20-13-9-18(10-14-20)17-7-11-19(26)12-8-17/h7-8,11-12,18,20-22H,4-6,9-10,13-16H2,1-3H3,(H,27,33)(H,28,31)/t18?,20?,21-,22-/m0/s1. The molecule has 188 valence electrons. The highest BCUT2D eigenvalue weighted by molar-refractivity contribution is 6.34. The Morgan fingerprint density at radius 3 is 2.38 bits per heavy atom. The fourth-order valence-electron chi connectivity index (χ4n) is 4.90. The van der Waals surface area contributed by atoms with Crippen molar-refractivity contribution >= 4 is 17.8 Å². The lowest BCUT2D eigenvalue weighted by Gasteiger charge is -2.42. The van der Waals surface area contributed by atoms with Crippen molar-refractivity contribution in [3.05, 3.63) is 35.6 Å². The third-order valence-electron chi connectivity index (χ3n) is 6.80. The van der Waals surface area contributed by atoms with E-state index in [-0.39, 0.29) is 30.0 Å². The summed E-state index contributed by atoms with van der Waals surface area (Å²) in [5.74, 6) is -1.11. The number of urea groups is 1. The summed E-state index contributed by atoms with van der Waals surface area (Å²) in [5.41, 5.74) is 1.16. The minimum atomic E-state index is -0.669. The molecule has 0 aromatic heterocycles. The maximum atomic E-state index is 13.2. The summed E-state index contributed by atoms with van der Waals surface area (Å²) < 4.78 is 19.5. The number of rotatable bonds is 6. The van der Waals surface area contributed by atoms with E-state index in [9.17, 15) is 18.8 Å². The Kier molecular flexibility index (Phi) is 9.27. The van der Waals surface area contributed by atoms with Gasteiger partial charge in [-0.2, -0.15) is 0 Å². The van der Waals surface area contributed by atoms with E-state index in [1.165, 1.54) is 31.1 Å². The summed E-state index contributed by atoms with van der Waals surface area (Å²) in [5, 5.41) is 5.68. The number of nitrogens with one attached hydrogen (secondary N) is 2. The monoisotopic (exact) mass is 476 g/mol. The fourth-order valence-corrected chi connectivity index (χ4v) is 4.90. The molecule has 1 saturated carbocycles. The number of carbonyl (C=O) groups excluding carboxylic acids is 3. The van der Waals surface area contributed by atoms with Gasteiger partial charge in [-0.25, -0.2) is 9.18 Å². The second-order valence-corrected chi connectivity index (χ2v) is 9.38. The topological polar surface area (TPSA) is 91.0 Å². The average Bonchev–Trinajstić information content (AvgIpc) is 2.83. The fraction of sp³-hybridized carbons (Fsp3) is 0.640. The highest BCUT2D eigenvalue weighted by Crippen LogP contribution is 2.34. The first-order chi connectivity index (χ1) is 16.3. The van der Waals surface area contributed by atoms with E-state index in [4.69, 9.17) is 4.74 Å². The number of benzene rings is 1. The Balaban J connectivity index is 1.61. The molecular weight excluding hydrogens is 439 g/mol. The molecule has 4 amide bonds. The number of halogens is 1. The van der Waals surface area contributed by atoms with Gasteiger partial charge in [0.05, 0.1) is 24.8 Å². The molecule has 3 rings (SSSR count). The zero-order valence-electron chi connectivity index (χ0n) is 20.4. The smallest absolute Gasteiger partial charge is 0.317 e. The predicted molar refractivity (Wildman–Crippen MR) is 127 cm³/mol. The summed E-state index contributed by atoms with van der Waals surface area (Å²) in [6.07, 6.45) is 5.15. The van der Waals surface area contributed by atoms with Crippen LogP contribution in [0, 0.1) is 5.82 Å². The van der Waals surface area contributed by atoms with Gasteiger partial charge in [0.2, 0.25) is 0 Å². The Morgan fingerprint density at radius 2 is 1.76 bits per heavy atom. The lowest BCUT2D eigenvalue weighted by molar-refractivity contribution is -0.145. The van der Waals surface area contributed by atoms with Crippen LogP contribution in [0.4, 0.5) is 9.18 Å². The van der Waals surface area contributed by atoms with Crippen molar-refractivity contribution in [3.8, 4) is 0 Å². The Morgan fingerprint density at radius 1 is 1.09 bits per heavy atom. The molecule has 2 fully saturated rings. The number of hydrogen-bond donors (Lipinski definition) is 2. The second kappa shape index (κ2) is 12.1. The predicted octanol–water partition coefficient (Wildman–Crippen LogP) is 2.64. The van der Waals surface area contributed by atoms with Crippen LogP contribution in [-0.4, -0.2) is 79.6 Å². The number of likely N-dealkylation sites (tertiary alicyclic amines) is 1. The van der Waals surface area contributed by atoms with Gasteiger partial charge >= 0.3 is 17.8 Å². The summed E-state index contributed by atoms with van der Waals surface area (Å²) >= 11 is 0. The lowest BCUT2D eigenvalue weighted by Crippen LogP contribution is -2.62. The lowest BCUT2D eigenvalue weighted by atomic mass is 9.82. The van der Waals surface area contributed by atoms with Crippen LogP contribution in [0.2, 0.25) is 0 Å². The molecule has 2 atom stereocenters. The molecule has 0 spiro atoms. The Labute approximate surface area is 201 Å². The number of nitrogens with zero attached hydrogens (tertiary/aromatic N) is 2. The molecule has 1 aromatic rings. The van der Waals surface area contributed by atoms with Gasteiger partial charge in [-0.1, -0.05) is 12.1 Å². The first-order valence-electron chi connectivity index (χ1n) is 12.2. The normalized spacial score (nSPS) is 24.9. The van der Waals surface area contributed by atoms with Gasteiger partial charge < -0.3 is 25.2 Å². The number of amides is 4. The zero-order chi connectivity index (χ0) is 24.7. The highest BCUT2D eigenvalue weighted by Gasteiger charge is 2.37. The van der Waals surface area contributed by atoms with Crippen LogP contribution in [0.25, 0.3) is 0 Å². The van der Waals surface area contributed by atoms with Crippen molar-refractivity contribution in [3.63, 3.8) is 0 Å². The maximum absolute atomic E-state index is 13.2. The van der Waals surface area contributed by atoms with Gasteiger partial charge in [-0.05, 0) is 69.1 Å². The van der Waals surface area contributed by atoms with Gasteiger partial charge in [-0.15, -0.1) is 0 Å². The summed E-state index contributed by atoms with van der Waals surface area (Å²) in [4.78, 5) is 40.2. The van der Waals surface area contributed by atoms with Crippen molar-refractivity contribution in [1.29, 1.82) is 0 Å². The average molecular weight is 477 g/mol. The minimum absolute atomic E-state index is 0.0643. The van der Waals surface area contributed by atoms with Gasteiger partial charge in [-0.3, -0.25) is 9.59 Å². The molecule has 1 saturated heterocycles. The number of hydrogen-bond acceptors (Lipinski definition) is 4. The van der Waals surface area contributed by atoms with Crippen molar-refractivity contribution in [2.75, 3.05) is 33.8 Å². The van der Waals surface area contributed by atoms with E-state index >= 15 is 0 Å². The Bertz CT molecular complexity index is 840. The molecule has 1 aliphatic heterocycles. The molecular formula is C25H37FN4O4. The molecule has 2 N–H and O–H groups in total. The molecule has 0 radical (unpaired) electrons. The number of piperidine rings is 1. The van der Waals surface area contributed by atoms with Crippen molar-refractivity contribution in [2.45, 2.75) is 69.6 Å². The first-order valence-corrected chi connectivity index (χ1v) is 12.2. The molecule has 1 heterocycles. The van der Waals surface area contributed by atoms with E-state index in [1.807, 2.05) is 19.1 Å². The molecule has 2 aliphatic rings. The Hall–Kier alpha value is -2.68. The third-order valence-corrected chi connectivity index (χ3v) is 6.80. The molecule has 0 bridgehead atoms. The van der Waals surface area contributed by atoms with E-state index in [1.54, 1.807) is 4.90 Å². The van der Waals surface area contributed by atoms with Crippen LogP contribution in [0.1, 0.15) is 56.9 Å². The summed E-state index contributed by atoms with van der Waals surface area (Å²) in [6, 6.07) is 5.83. The molecule has 9 heteroatoms. The van der Waals surface area contributed by atoms with Gasteiger partial charge in [0.1, 0.15) is 5.82 Å². The molecule has 8 nitrogen and oxygen atoms in total. The van der Waals surface area contributed by atoms with Gasteiger partial charge in [0.15, 0.2) is 0 Å². The van der Waals surface area contributed by atoms with Crippen molar-refractivity contribution in [2.24, 2.45) is 0 Å². The first kappa shape index (κ1) is 25.9. The maximum Gasteiger partial charge on any atom is 0.317 e. The summed E-state index contributed by atoms with van der Waals surface area (Å²) in [6.45, 7) is 3.24. The van der Waals surface area contributed by atoms with E-state index in [2.05, 4.69) is 10.6 Å². The molecule has 1 aromatic carbocycles. The number of ether oxygens (including phenoxy) is 1. The van der Waals surface area contributed by atoms with Crippen molar-refractivity contribution < 1.29 is 23.5 Å². The molecule has 0 unspecified atom stereocenters. The molecule has 34 heavy (non-hydrogen) atoms. The van der Waals surface area contributed by atoms with E-state index < -0.39 is 11.8 Å². The number of carbonyl (C=O) groups is 3.